The first kappa shape index (κ1) is 14.5. The summed E-state index contributed by atoms with van der Waals surface area (Å²) < 4.78 is 6.66. The smallest absolute Gasteiger partial charge is 0.310 e. The summed E-state index contributed by atoms with van der Waals surface area (Å²) in [5.74, 6) is -0.324. The van der Waals surface area contributed by atoms with Gasteiger partial charge >= 0.3 is 5.97 Å². The molecule has 0 spiro atoms. The summed E-state index contributed by atoms with van der Waals surface area (Å²) in [4.78, 5) is 25.6. The molecular formula is C13H20N4O3. The molecule has 1 aromatic heterocycles. The largest absolute Gasteiger partial charge is 0.466 e. The van der Waals surface area contributed by atoms with E-state index in [9.17, 15) is 9.59 Å². The third-order valence-electron chi connectivity index (χ3n) is 3.42. The van der Waals surface area contributed by atoms with Crippen LogP contribution in [0.4, 0.5) is 0 Å². The van der Waals surface area contributed by atoms with Gasteiger partial charge in [-0.15, -0.1) is 5.10 Å². The Bertz CT molecular complexity index is 446. The number of carbonyl (C=O) groups excluding carboxylic acids is 2. The number of rotatable bonds is 5. The fourth-order valence-corrected chi connectivity index (χ4v) is 2.38. The van der Waals surface area contributed by atoms with E-state index in [-0.39, 0.29) is 17.8 Å². The number of carbonyl (C=O) groups is 2. The van der Waals surface area contributed by atoms with Crippen molar-refractivity contribution in [3.8, 4) is 0 Å². The number of piperidine rings is 1. The lowest BCUT2D eigenvalue weighted by Gasteiger charge is -2.31. The number of likely N-dealkylation sites (tertiary alicyclic amines) is 1. The molecule has 1 amide bonds. The van der Waals surface area contributed by atoms with Gasteiger partial charge in [-0.05, 0) is 19.8 Å². The van der Waals surface area contributed by atoms with Gasteiger partial charge in [0.05, 0.1) is 25.3 Å². The van der Waals surface area contributed by atoms with Crippen LogP contribution < -0.4 is 0 Å². The summed E-state index contributed by atoms with van der Waals surface area (Å²) in [7, 11) is 0. The van der Waals surface area contributed by atoms with E-state index in [4.69, 9.17) is 4.74 Å². The van der Waals surface area contributed by atoms with E-state index in [1.165, 1.54) is 0 Å². The molecule has 1 aliphatic rings. The van der Waals surface area contributed by atoms with Gasteiger partial charge in [0, 0.05) is 25.7 Å². The lowest BCUT2D eigenvalue weighted by Crippen LogP contribution is -2.43. The van der Waals surface area contributed by atoms with Gasteiger partial charge in [-0.1, -0.05) is 5.21 Å². The lowest BCUT2D eigenvalue weighted by atomic mass is 9.98. The Morgan fingerprint density at radius 2 is 2.30 bits per heavy atom. The molecule has 2 heterocycles. The van der Waals surface area contributed by atoms with Gasteiger partial charge < -0.3 is 9.64 Å². The summed E-state index contributed by atoms with van der Waals surface area (Å²) >= 11 is 0. The molecule has 20 heavy (non-hydrogen) atoms. The Kier molecular flexibility index (Phi) is 5.09. The number of aromatic nitrogens is 3. The quantitative estimate of drug-likeness (QED) is 0.733. The highest BCUT2D eigenvalue weighted by Crippen LogP contribution is 2.18. The molecule has 1 unspecified atom stereocenters. The SMILES string of the molecule is CCOC(=O)C1CCCN(C(=O)CCn2ccnn2)C1. The van der Waals surface area contributed by atoms with Gasteiger partial charge in [0.2, 0.25) is 5.91 Å². The maximum Gasteiger partial charge on any atom is 0.310 e. The first-order valence-electron chi connectivity index (χ1n) is 6.99. The van der Waals surface area contributed by atoms with Crippen LogP contribution in [0.15, 0.2) is 12.4 Å². The minimum absolute atomic E-state index is 0.0505. The van der Waals surface area contributed by atoms with Crippen LogP contribution in [0, 0.1) is 5.92 Å². The van der Waals surface area contributed by atoms with Crippen LogP contribution in [-0.4, -0.2) is 51.5 Å². The second-order valence-electron chi connectivity index (χ2n) is 4.85. The van der Waals surface area contributed by atoms with E-state index in [2.05, 4.69) is 10.3 Å². The zero-order chi connectivity index (χ0) is 14.4. The normalized spacial score (nSPS) is 18.9. The second-order valence-corrected chi connectivity index (χ2v) is 4.85. The van der Waals surface area contributed by atoms with Crippen molar-refractivity contribution in [3.63, 3.8) is 0 Å². The fourth-order valence-electron chi connectivity index (χ4n) is 2.38. The molecule has 0 aromatic carbocycles. The van der Waals surface area contributed by atoms with E-state index in [1.54, 1.807) is 28.9 Å². The van der Waals surface area contributed by atoms with Crippen LogP contribution in [-0.2, 0) is 20.9 Å². The van der Waals surface area contributed by atoms with Crippen molar-refractivity contribution in [2.75, 3.05) is 19.7 Å². The predicted octanol–water partition coefficient (Wildman–Crippen LogP) is 0.470. The third-order valence-corrected chi connectivity index (χ3v) is 3.42. The second kappa shape index (κ2) is 7.02. The van der Waals surface area contributed by atoms with Crippen molar-refractivity contribution >= 4 is 11.9 Å². The highest BCUT2D eigenvalue weighted by molar-refractivity contribution is 5.78. The first-order chi connectivity index (χ1) is 9.70. The van der Waals surface area contributed by atoms with E-state index in [1.807, 2.05) is 0 Å². The van der Waals surface area contributed by atoms with E-state index >= 15 is 0 Å². The number of ether oxygens (including phenoxy) is 1. The molecule has 1 atom stereocenters. The molecule has 1 aliphatic heterocycles. The molecule has 0 bridgehead atoms. The van der Waals surface area contributed by atoms with E-state index in [0.29, 0.717) is 32.7 Å². The van der Waals surface area contributed by atoms with Gasteiger partial charge in [-0.3, -0.25) is 14.3 Å². The van der Waals surface area contributed by atoms with Gasteiger partial charge in [-0.25, -0.2) is 0 Å². The molecule has 110 valence electrons. The molecular weight excluding hydrogens is 260 g/mol. The van der Waals surface area contributed by atoms with Crippen molar-refractivity contribution in [2.45, 2.75) is 32.7 Å². The van der Waals surface area contributed by atoms with E-state index < -0.39 is 0 Å². The number of hydrogen-bond donors (Lipinski definition) is 0. The predicted molar refractivity (Wildman–Crippen MR) is 70.6 cm³/mol. The zero-order valence-electron chi connectivity index (χ0n) is 11.7. The molecule has 1 aromatic rings. The van der Waals surface area contributed by atoms with Crippen LogP contribution in [0.3, 0.4) is 0 Å². The zero-order valence-corrected chi connectivity index (χ0v) is 11.7. The Hall–Kier alpha value is -1.92. The Balaban J connectivity index is 1.81. The Morgan fingerprint density at radius 1 is 1.45 bits per heavy atom. The summed E-state index contributed by atoms with van der Waals surface area (Å²) in [5, 5.41) is 7.52. The number of nitrogens with zero attached hydrogens (tertiary/aromatic N) is 4. The number of amides is 1. The van der Waals surface area contributed by atoms with Gasteiger partial charge in [0.1, 0.15) is 0 Å². The van der Waals surface area contributed by atoms with Gasteiger partial charge in [-0.2, -0.15) is 0 Å². The summed E-state index contributed by atoms with van der Waals surface area (Å²) in [5.41, 5.74) is 0. The van der Waals surface area contributed by atoms with Crippen LogP contribution >= 0.6 is 0 Å². The molecule has 1 fully saturated rings. The van der Waals surface area contributed by atoms with Crippen molar-refractivity contribution in [2.24, 2.45) is 5.92 Å². The third kappa shape index (κ3) is 3.79. The van der Waals surface area contributed by atoms with E-state index in [0.717, 1.165) is 12.8 Å². The summed E-state index contributed by atoms with van der Waals surface area (Å²) in [6, 6.07) is 0. The topological polar surface area (TPSA) is 77.3 Å². The van der Waals surface area contributed by atoms with Crippen molar-refractivity contribution < 1.29 is 14.3 Å². The first-order valence-corrected chi connectivity index (χ1v) is 6.99. The summed E-state index contributed by atoms with van der Waals surface area (Å²) in [6.07, 6.45) is 5.33. The molecule has 7 nitrogen and oxygen atoms in total. The number of esters is 1. The molecule has 0 aliphatic carbocycles. The van der Waals surface area contributed by atoms with Crippen molar-refractivity contribution in [3.05, 3.63) is 12.4 Å². The van der Waals surface area contributed by atoms with Crippen molar-refractivity contribution in [1.82, 2.24) is 19.9 Å². The maximum atomic E-state index is 12.1. The van der Waals surface area contributed by atoms with Gasteiger partial charge in [0.15, 0.2) is 0 Å². The van der Waals surface area contributed by atoms with Crippen LogP contribution in [0.25, 0.3) is 0 Å². The minimum Gasteiger partial charge on any atom is -0.466 e. The Morgan fingerprint density at radius 3 is 3.00 bits per heavy atom. The molecule has 0 saturated carbocycles. The minimum atomic E-state index is -0.193. The molecule has 1 saturated heterocycles. The Labute approximate surface area is 117 Å². The average molecular weight is 280 g/mol. The molecule has 0 N–H and O–H groups in total. The number of hydrogen-bond acceptors (Lipinski definition) is 5. The maximum absolute atomic E-state index is 12.1. The highest BCUT2D eigenvalue weighted by Gasteiger charge is 2.29. The molecule has 0 radical (unpaired) electrons. The fraction of sp³-hybridized carbons (Fsp3) is 0.692. The average Bonchev–Trinajstić information content (AvgIpc) is 2.98. The van der Waals surface area contributed by atoms with Crippen LogP contribution in [0.1, 0.15) is 26.2 Å². The highest BCUT2D eigenvalue weighted by atomic mass is 16.5. The van der Waals surface area contributed by atoms with Crippen LogP contribution in [0.5, 0.6) is 0 Å². The van der Waals surface area contributed by atoms with Crippen molar-refractivity contribution in [1.29, 1.82) is 0 Å². The number of aryl methyl sites for hydroxylation is 1. The van der Waals surface area contributed by atoms with Crippen LogP contribution in [0.2, 0.25) is 0 Å². The summed E-state index contributed by atoms with van der Waals surface area (Å²) in [6.45, 7) is 3.87. The monoisotopic (exact) mass is 280 g/mol. The molecule has 7 heteroatoms. The molecule has 2 rings (SSSR count). The van der Waals surface area contributed by atoms with Gasteiger partial charge in [0.25, 0.3) is 0 Å². The lowest BCUT2D eigenvalue weighted by molar-refractivity contribution is -0.151. The standard InChI is InChI=1S/C13H20N4O3/c1-2-20-13(19)11-4-3-7-16(10-11)12(18)5-8-17-9-6-14-15-17/h6,9,11H,2-5,7-8,10H2,1H3.